The Morgan fingerprint density at radius 1 is 0.769 bits per heavy atom. The Kier molecular flexibility index (Phi) is 4.60. The van der Waals surface area contributed by atoms with Gasteiger partial charge in [0.1, 0.15) is 5.82 Å². The lowest BCUT2D eigenvalue weighted by Gasteiger charge is -2.10. The molecule has 1 aromatic carbocycles. The van der Waals surface area contributed by atoms with Gasteiger partial charge in [0.25, 0.3) is 0 Å². The molecule has 0 radical (unpaired) electrons. The Bertz CT molecular complexity index is 915. The van der Waals surface area contributed by atoms with Crippen molar-refractivity contribution in [3.05, 3.63) is 90.9 Å². The van der Waals surface area contributed by atoms with Gasteiger partial charge in [-0.1, -0.05) is 36.4 Å². The second-order valence-electron chi connectivity index (χ2n) is 5.76. The molecule has 1 N–H and O–H groups in total. The Balaban J connectivity index is 1.70. The Morgan fingerprint density at radius 3 is 2.42 bits per heavy atom. The van der Waals surface area contributed by atoms with Crippen LogP contribution >= 0.6 is 0 Å². The first-order chi connectivity index (χ1) is 12.9. The maximum Gasteiger partial charge on any atom is 0.163 e. The molecule has 0 fully saturated rings. The SMILES string of the molecule is c1ccc(CNc2cc(-c3ccccn3)nc(-c3cccnc3)n2)cc1. The van der Waals surface area contributed by atoms with Gasteiger partial charge in [0.15, 0.2) is 5.82 Å². The molecule has 0 atom stereocenters. The van der Waals surface area contributed by atoms with Crippen molar-refractivity contribution in [2.24, 2.45) is 0 Å². The summed E-state index contributed by atoms with van der Waals surface area (Å²) in [7, 11) is 0. The molecule has 4 rings (SSSR count). The monoisotopic (exact) mass is 339 g/mol. The standard InChI is InChI=1S/C21H17N5/c1-2-7-16(8-3-1)14-24-20-13-19(18-10-4-5-12-23-18)25-21(26-20)17-9-6-11-22-15-17/h1-13,15H,14H2,(H,24,25,26). The number of hydrogen-bond acceptors (Lipinski definition) is 5. The zero-order valence-electron chi connectivity index (χ0n) is 14.1. The second kappa shape index (κ2) is 7.53. The summed E-state index contributed by atoms with van der Waals surface area (Å²) in [6, 6.07) is 21.7. The number of anilines is 1. The molecular weight excluding hydrogens is 322 g/mol. The van der Waals surface area contributed by atoms with Crippen molar-refractivity contribution in [2.75, 3.05) is 5.32 Å². The van der Waals surface area contributed by atoms with Crippen LogP contribution in [0.5, 0.6) is 0 Å². The van der Waals surface area contributed by atoms with E-state index in [4.69, 9.17) is 0 Å². The minimum absolute atomic E-state index is 0.622. The molecule has 4 aromatic rings. The van der Waals surface area contributed by atoms with Crippen LogP contribution in [0, 0.1) is 0 Å². The molecule has 3 heterocycles. The van der Waals surface area contributed by atoms with Gasteiger partial charge in [-0.2, -0.15) is 0 Å². The number of aromatic nitrogens is 4. The van der Waals surface area contributed by atoms with Crippen LogP contribution in [0.15, 0.2) is 85.3 Å². The Morgan fingerprint density at radius 2 is 1.65 bits per heavy atom. The maximum absolute atomic E-state index is 4.68. The van der Waals surface area contributed by atoms with Gasteiger partial charge in [-0.05, 0) is 29.8 Å². The number of nitrogens with zero attached hydrogens (tertiary/aromatic N) is 4. The molecule has 0 bridgehead atoms. The lowest BCUT2D eigenvalue weighted by Crippen LogP contribution is -2.04. The quantitative estimate of drug-likeness (QED) is 0.590. The third kappa shape index (κ3) is 3.72. The lowest BCUT2D eigenvalue weighted by atomic mass is 10.2. The molecule has 0 aliphatic carbocycles. The van der Waals surface area contributed by atoms with Crippen LogP contribution in [-0.2, 0) is 6.54 Å². The van der Waals surface area contributed by atoms with Gasteiger partial charge in [0.05, 0.1) is 11.4 Å². The maximum atomic E-state index is 4.68. The number of nitrogens with one attached hydrogen (secondary N) is 1. The summed E-state index contributed by atoms with van der Waals surface area (Å²) in [6.07, 6.45) is 5.26. The van der Waals surface area contributed by atoms with Crippen molar-refractivity contribution in [3.8, 4) is 22.8 Å². The van der Waals surface area contributed by atoms with E-state index in [9.17, 15) is 0 Å². The van der Waals surface area contributed by atoms with Gasteiger partial charge in [-0.25, -0.2) is 9.97 Å². The summed E-state index contributed by atoms with van der Waals surface area (Å²) in [6.45, 7) is 0.686. The molecule has 0 saturated heterocycles. The fraction of sp³-hybridized carbons (Fsp3) is 0.0476. The van der Waals surface area contributed by atoms with Gasteiger partial charge in [-0.15, -0.1) is 0 Å². The van der Waals surface area contributed by atoms with Gasteiger partial charge in [-0.3, -0.25) is 9.97 Å². The second-order valence-corrected chi connectivity index (χ2v) is 5.76. The van der Waals surface area contributed by atoms with Crippen LogP contribution in [0.3, 0.4) is 0 Å². The highest BCUT2D eigenvalue weighted by Crippen LogP contribution is 2.23. The van der Waals surface area contributed by atoms with Crippen molar-refractivity contribution < 1.29 is 0 Å². The van der Waals surface area contributed by atoms with E-state index in [-0.39, 0.29) is 0 Å². The first-order valence-corrected chi connectivity index (χ1v) is 8.37. The van der Waals surface area contributed by atoms with Gasteiger partial charge >= 0.3 is 0 Å². The molecule has 26 heavy (non-hydrogen) atoms. The molecule has 0 unspecified atom stereocenters. The zero-order chi connectivity index (χ0) is 17.6. The number of pyridine rings is 2. The minimum atomic E-state index is 0.622. The molecule has 0 spiro atoms. The van der Waals surface area contributed by atoms with E-state index in [1.807, 2.05) is 54.6 Å². The largest absolute Gasteiger partial charge is 0.366 e. The summed E-state index contributed by atoms with van der Waals surface area (Å²) in [5, 5.41) is 3.38. The third-order valence-electron chi connectivity index (χ3n) is 3.89. The van der Waals surface area contributed by atoms with E-state index in [1.54, 1.807) is 18.6 Å². The van der Waals surface area contributed by atoms with Crippen LogP contribution in [-0.4, -0.2) is 19.9 Å². The van der Waals surface area contributed by atoms with Crippen LogP contribution < -0.4 is 5.32 Å². The van der Waals surface area contributed by atoms with E-state index >= 15 is 0 Å². The first-order valence-electron chi connectivity index (χ1n) is 8.37. The Labute approximate surface area is 151 Å². The van der Waals surface area contributed by atoms with E-state index in [0.29, 0.717) is 12.4 Å². The van der Waals surface area contributed by atoms with Gasteiger partial charge in [0.2, 0.25) is 0 Å². The summed E-state index contributed by atoms with van der Waals surface area (Å²) in [4.78, 5) is 17.9. The molecule has 5 heteroatoms. The van der Waals surface area contributed by atoms with Gasteiger partial charge in [0, 0.05) is 36.8 Å². The zero-order valence-corrected chi connectivity index (χ0v) is 14.1. The van der Waals surface area contributed by atoms with Crippen LogP contribution in [0.1, 0.15) is 5.56 Å². The van der Waals surface area contributed by atoms with E-state index in [1.165, 1.54) is 5.56 Å². The third-order valence-corrected chi connectivity index (χ3v) is 3.89. The van der Waals surface area contributed by atoms with E-state index in [0.717, 1.165) is 22.8 Å². The van der Waals surface area contributed by atoms with Crippen molar-refractivity contribution in [1.29, 1.82) is 0 Å². The van der Waals surface area contributed by atoms with Crippen LogP contribution in [0.4, 0.5) is 5.82 Å². The fourth-order valence-corrected chi connectivity index (χ4v) is 2.60. The smallest absolute Gasteiger partial charge is 0.163 e. The number of benzene rings is 1. The predicted molar refractivity (Wildman–Crippen MR) is 102 cm³/mol. The average molecular weight is 339 g/mol. The fourth-order valence-electron chi connectivity index (χ4n) is 2.60. The summed E-state index contributed by atoms with van der Waals surface area (Å²) < 4.78 is 0. The highest BCUT2D eigenvalue weighted by molar-refractivity contribution is 5.64. The molecule has 0 aliphatic heterocycles. The van der Waals surface area contributed by atoms with Crippen molar-refractivity contribution >= 4 is 5.82 Å². The number of hydrogen-bond donors (Lipinski definition) is 1. The van der Waals surface area contributed by atoms with E-state index < -0.39 is 0 Å². The van der Waals surface area contributed by atoms with Crippen molar-refractivity contribution in [1.82, 2.24) is 19.9 Å². The molecule has 0 aliphatic rings. The number of rotatable bonds is 5. The molecule has 3 aromatic heterocycles. The lowest BCUT2D eigenvalue weighted by molar-refractivity contribution is 1.08. The first kappa shape index (κ1) is 15.9. The Hall–Kier alpha value is -3.60. The minimum Gasteiger partial charge on any atom is -0.366 e. The molecular formula is C21H17N5. The van der Waals surface area contributed by atoms with Crippen LogP contribution in [0.25, 0.3) is 22.8 Å². The van der Waals surface area contributed by atoms with Crippen molar-refractivity contribution in [2.45, 2.75) is 6.54 Å². The normalized spacial score (nSPS) is 10.5. The summed E-state index contributed by atoms with van der Waals surface area (Å²) in [5.74, 6) is 1.38. The highest BCUT2D eigenvalue weighted by Gasteiger charge is 2.09. The topological polar surface area (TPSA) is 63.6 Å². The summed E-state index contributed by atoms with van der Waals surface area (Å²) >= 11 is 0. The summed E-state index contributed by atoms with van der Waals surface area (Å²) in [5.41, 5.74) is 3.64. The van der Waals surface area contributed by atoms with E-state index in [2.05, 4.69) is 37.4 Å². The molecule has 0 saturated carbocycles. The van der Waals surface area contributed by atoms with Crippen LogP contribution in [0.2, 0.25) is 0 Å². The molecule has 5 nitrogen and oxygen atoms in total. The molecule has 0 amide bonds. The highest BCUT2D eigenvalue weighted by atomic mass is 15.0. The van der Waals surface area contributed by atoms with Gasteiger partial charge < -0.3 is 5.32 Å². The average Bonchev–Trinajstić information content (AvgIpc) is 2.74. The molecule has 126 valence electrons. The predicted octanol–water partition coefficient (Wildman–Crippen LogP) is 4.21. The van der Waals surface area contributed by atoms with Crippen molar-refractivity contribution in [3.63, 3.8) is 0 Å².